The lowest BCUT2D eigenvalue weighted by Gasteiger charge is -2.23. The van der Waals surface area contributed by atoms with Crippen LogP contribution >= 0.6 is 0 Å². The summed E-state index contributed by atoms with van der Waals surface area (Å²) in [5.74, 6) is 1.78. The molecule has 2 rings (SSSR count). The molecule has 1 aliphatic rings. The first kappa shape index (κ1) is 14.4. The molecule has 2 nitrogen and oxygen atoms in total. The largest absolute Gasteiger partial charge is 0.491 e. The smallest absolute Gasteiger partial charge is 0.120 e. The van der Waals surface area contributed by atoms with Gasteiger partial charge in [-0.25, -0.2) is 0 Å². The van der Waals surface area contributed by atoms with Gasteiger partial charge in [-0.05, 0) is 57.2 Å². The summed E-state index contributed by atoms with van der Waals surface area (Å²) in [6.07, 6.45) is 4.27. The van der Waals surface area contributed by atoms with E-state index in [0.717, 1.165) is 11.7 Å². The lowest BCUT2D eigenvalue weighted by Crippen LogP contribution is -2.33. The molecule has 1 N–H and O–H groups in total. The molecule has 3 atom stereocenters. The molecular formula is C17H27NO. The number of hydrogen-bond acceptors (Lipinski definition) is 2. The Morgan fingerprint density at radius 2 is 2.00 bits per heavy atom. The monoisotopic (exact) mass is 261 g/mol. The SMILES string of the molecule is CC(C)Oc1cccc(C(C)NC2CCCC2C)c1. The molecule has 1 saturated carbocycles. The van der Waals surface area contributed by atoms with E-state index in [4.69, 9.17) is 4.74 Å². The van der Waals surface area contributed by atoms with Crippen LogP contribution in [0.3, 0.4) is 0 Å². The van der Waals surface area contributed by atoms with E-state index in [-0.39, 0.29) is 6.10 Å². The molecule has 2 heteroatoms. The summed E-state index contributed by atoms with van der Waals surface area (Å²) in [6.45, 7) is 8.73. The lowest BCUT2D eigenvalue weighted by atomic mass is 10.0. The summed E-state index contributed by atoms with van der Waals surface area (Å²) in [4.78, 5) is 0. The molecule has 3 unspecified atom stereocenters. The molecule has 1 fully saturated rings. The Kier molecular flexibility index (Phi) is 4.87. The van der Waals surface area contributed by atoms with E-state index in [1.807, 2.05) is 6.07 Å². The van der Waals surface area contributed by atoms with Crippen LogP contribution < -0.4 is 10.1 Å². The molecule has 1 aromatic carbocycles. The van der Waals surface area contributed by atoms with Crippen LogP contribution in [-0.2, 0) is 0 Å². The Labute approximate surface area is 117 Å². The molecule has 0 amide bonds. The molecule has 0 saturated heterocycles. The Morgan fingerprint density at radius 3 is 2.63 bits per heavy atom. The van der Waals surface area contributed by atoms with Crippen molar-refractivity contribution in [2.24, 2.45) is 5.92 Å². The van der Waals surface area contributed by atoms with Gasteiger partial charge in [-0.1, -0.05) is 25.5 Å². The van der Waals surface area contributed by atoms with E-state index in [9.17, 15) is 0 Å². The van der Waals surface area contributed by atoms with Crippen molar-refractivity contribution in [1.82, 2.24) is 5.32 Å². The van der Waals surface area contributed by atoms with E-state index in [0.29, 0.717) is 12.1 Å². The van der Waals surface area contributed by atoms with E-state index in [1.165, 1.54) is 24.8 Å². The van der Waals surface area contributed by atoms with Gasteiger partial charge in [0.25, 0.3) is 0 Å². The molecular weight excluding hydrogens is 234 g/mol. The normalized spacial score (nSPS) is 24.7. The standard InChI is InChI=1S/C17H27NO/c1-12(2)19-16-9-6-8-15(11-16)14(4)18-17-10-5-7-13(17)3/h6,8-9,11-14,17-18H,5,7,10H2,1-4H3. The van der Waals surface area contributed by atoms with Crippen LogP contribution in [0.1, 0.15) is 58.6 Å². The molecule has 106 valence electrons. The Morgan fingerprint density at radius 1 is 1.21 bits per heavy atom. The predicted octanol–water partition coefficient (Wildman–Crippen LogP) is 4.31. The third kappa shape index (κ3) is 3.97. The summed E-state index contributed by atoms with van der Waals surface area (Å²) in [5, 5.41) is 3.77. The second-order valence-corrected chi connectivity index (χ2v) is 6.14. The predicted molar refractivity (Wildman–Crippen MR) is 80.6 cm³/mol. The first-order valence-corrected chi connectivity index (χ1v) is 7.59. The summed E-state index contributed by atoms with van der Waals surface area (Å²) in [6, 6.07) is 9.53. The van der Waals surface area contributed by atoms with Crippen molar-refractivity contribution >= 4 is 0 Å². The zero-order chi connectivity index (χ0) is 13.8. The van der Waals surface area contributed by atoms with Crippen molar-refractivity contribution in [2.45, 2.75) is 65.1 Å². The number of hydrogen-bond donors (Lipinski definition) is 1. The van der Waals surface area contributed by atoms with Gasteiger partial charge in [0.1, 0.15) is 5.75 Å². The van der Waals surface area contributed by atoms with Crippen molar-refractivity contribution < 1.29 is 4.74 Å². The highest BCUT2D eigenvalue weighted by Gasteiger charge is 2.24. The van der Waals surface area contributed by atoms with Gasteiger partial charge in [0.2, 0.25) is 0 Å². The second kappa shape index (κ2) is 6.42. The van der Waals surface area contributed by atoms with Crippen LogP contribution in [0, 0.1) is 5.92 Å². The lowest BCUT2D eigenvalue weighted by molar-refractivity contribution is 0.242. The van der Waals surface area contributed by atoms with Gasteiger partial charge < -0.3 is 10.1 Å². The van der Waals surface area contributed by atoms with Crippen LogP contribution in [0.2, 0.25) is 0 Å². The number of nitrogens with one attached hydrogen (secondary N) is 1. The number of ether oxygens (including phenoxy) is 1. The molecule has 0 aromatic heterocycles. The highest BCUT2D eigenvalue weighted by Crippen LogP contribution is 2.28. The zero-order valence-electron chi connectivity index (χ0n) is 12.6. The third-order valence-corrected chi connectivity index (χ3v) is 4.06. The topological polar surface area (TPSA) is 21.3 Å². The van der Waals surface area contributed by atoms with Crippen molar-refractivity contribution in [3.63, 3.8) is 0 Å². The molecule has 0 bridgehead atoms. The minimum atomic E-state index is 0.230. The van der Waals surface area contributed by atoms with Gasteiger partial charge in [-0.3, -0.25) is 0 Å². The van der Waals surface area contributed by atoms with Gasteiger partial charge in [-0.2, -0.15) is 0 Å². The molecule has 1 aromatic rings. The maximum Gasteiger partial charge on any atom is 0.120 e. The van der Waals surface area contributed by atoms with Gasteiger partial charge in [0.15, 0.2) is 0 Å². The van der Waals surface area contributed by atoms with Crippen LogP contribution in [0.4, 0.5) is 0 Å². The maximum atomic E-state index is 5.77. The quantitative estimate of drug-likeness (QED) is 0.852. The average molecular weight is 261 g/mol. The molecule has 0 aliphatic heterocycles. The molecule has 0 radical (unpaired) electrons. The van der Waals surface area contributed by atoms with E-state index in [1.54, 1.807) is 0 Å². The van der Waals surface area contributed by atoms with Gasteiger partial charge in [0.05, 0.1) is 6.10 Å². The molecule has 19 heavy (non-hydrogen) atoms. The van der Waals surface area contributed by atoms with Crippen molar-refractivity contribution in [3.8, 4) is 5.75 Å². The van der Waals surface area contributed by atoms with Crippen LogP contribution in [0.15, 0.2) is 24.3 Å². The van der Waals surface area contributed by atoms with Crippen LogP contribution in [-0.4, -0.2) is 12.1 Å². The van der Waals surface area contributed by atoms with Gasteiger partial charge in [-0.15, -0.1) is 0 Å². The Hall–Kier alpha value is -1.02. The van der Waals surface area contributed by atoms with E-state index < -0.39 is 0 Å². The first-order chi connectivity index (χ1) is 9.06. The Bertz CT molecular complexity index is 402. The minimum Gasteiger partial charge on any atom is -0.491 e. The Balaban J connectivity index is 2.00. The minimum absolute atomic E-state index is 0.230. The molecule has 0 heterocycles. The number of benzene rings is 1. The van der Waals surface area contributed by atoms with Crippen LogP contribution in [0.25, 0.3) is 0 Å². The summed E-state index contributed by atoms with van der Waals surface area (Å²) in [5.41, 5.74) is 1.32. The highest BCUT2D eigenvalue weighted by molar-refractivity contribution is 5.30. The fourth-order valence-electron chi connectivity index (χ4n) is 2.94. The fourth-order valence-corrected chi connectivity index (χ4v) is 2.94. The maximum absolute atomic E-state index is 5.77. The zero-order valence-corrected chi connectivity index (χ0v) is 12.6. The third-order valence-electron chi connectivity index (χ3n) is 4.06. The van der Waals surface area contributed by atoms with Gasteiger partial charge in [0, 0.05) is 12.1 Å². The van der Waals surface area contributed by atoms with Crippen molar-refractivity contribution in [1.29, 1.82) is 0 Å². The first-order valence-electron chi connectivity index (χ1n) is 7.59. The van der Waals surface area contributed by atoms with Crippen molar-refractivity contribution in [3.05, 3.63) is 29.8 Å². The molecule has 1 aliphatic carbocycles. The average Bonchev–Trinajstić information content (AvgIpc) is 2.74. The second-order valence-electron chi connectivity index (χ2n) is 6.14. The van der Waals surface area contributed by atoms with E-state index >= 15 is 0 Å². The van der Waals surface area contributed by atoms with E-state index in [2.05, 4.69) is 51.2 Å². The summed E-state index contributed by atoms with van der Waals surface area (Å²) < 4.78 is 5.77. The number of rotatable bonds is 5. The fraction of sp³-hybridized carbons (Fsp3) is 0.647. The highest BCUT2D eigenvalue weighted by atomic mass is 16.5. The van der Waals surface area contributed by atoms with Crippen molar-refractivity contribution in [2.75, 3.05) is 0 Å². The summed E-state index contributed by atoms with van der Waals surface area (Å²) >= 11 is 0. The van der Waals surface area contributed by atoms with Crippen LogP contribution in [0.5, 0.6) is 5.75 Å². The summed E-state index contributed by atoms with van der Waals surface area (Å²) in [7, 11) is 0. The van der Waals surface area contributed by atoms with Gasteiger partial charge >= 0.3 is 0 Å². The molecule has 0 spiro atoms.